The van der Waals surface area contributed by atoms with E-state index in [2.05, 4.69) is 34.5 Å². The lowest BCUT2D eigenvalue weighted by Gasteiger charge is -2.46. The van der Waals surface area contributed by atoms with Crippen LogP contribution in [0, 0.1) is 0 Å². The third-order valence-electron chi connectivity index (χ3n) is 8.19. The molecule has 38 heavy (non-hydrogen) atoms. The molecule has 200 valence electrons. The number of ketones is 1. The van der Waals surface area contributed by atoms with Crippen LogP contribution in [0.4, 0.5) is 5.69 Å². The smallest absolute Gasteiger partial charge is 0.168 e. The van der Waals surface area contributed by atoms with Crippen LogP contribution in [0.5, 0.6) is 0 Å². The first-order valence-electron chi connectivity index (χ1n) is 12.7. The highest BCUT2D eigenvalue weighted by molar-refractivity contribution is 6.42. The van der Waals surface area contributed by atoms with Gasteiger partial charge < -0.3 is 15.0 Å². The first-order valence-corrected chi connectivity index (χ1v) is 14.3. The minimum atomic E-state index is -1.04. The van der Waals surface area contributed by atoms with Crippen LogP contribution in [0.15, 0.2) is 60.7 Å². The maximum Gasteiger partial charge on any atom is 0.168 e. The van der Waals surface area contributed by atoms with Gasteiger partial charge in [0.1, 0.15) is 5.78 Å². The Hall–Kier alpha value is -1.79. The number of anilines is 1. The third-order valence-corrected chi connectivity index (χ3v) is 9.37. The van der Waals surface area contributed by atoms with Gasteiger partial charge in [-0.2, -0.15) is 0 Å². The van der Waals surface area contributed by atoms with E-state index in [0.717, 1.165) is 49.3 Å². The molecular formula is C30H30Cl4N2O2. The summed E-state index contributed by atoms with van der Waals surface area (Å²) in [4.78, 5) is 15.6. The normalized spacial score (nSPS) is 18.7. The number of carbonyl (C=O) groups is 1. The molecule has 3 aromatic carbocycles. The monoisotopic (exact) mass is 590 g/mol. The van der Waals surface area contributed by atoms with Crippen molar-refractivity contribution in [2.75, 3.05) is 31.6 Å². The number of hydrogen-bond donors (Lipinski definition) is 1. The molecule has 2 unspecified atom stereocenters. The largest absolute Gasteiger partial charge is 0.354 e. The van der Waals surface area contributed by atoms with Crippen molar-refractivity contribution in [2.45, 2.75) is 43.2 Å². The van der Waals surface area contributed by atoms with Crippen molar-refractivity contribution in [3.63, 3.8) is 0 Å². The number of piperidine rings is 1. The number of Topliss-reactive ketones (excluding diaryl/α,β-unsaturated/α-hetero) is 1. The SMILES string of the molecule is COC(CC(C(C)=O)c1ccc(Cl)c(Cl)c1)(c1cc(Cl)cc(Cl)c1)N1CC2(CCNCC2)c2ccccc21. The quantitative estimate of drug-likeness (QED) is 0.302. The molecule has 4 nitrogen and oxygen atoms in total. The van der Waals surface area contributed by atoms with Crippen LogP contribution in [-0.2, 0) is 20.7 Å². The fourth-order valence-electron chi connectivity index (χ4n) is 6.26. The van der Waals surface area contributed by atoms with Gasteiger partial charge in [0, 0.05) is 52.7 Å². The van der Waals surface area contributed by atoms with Crippen LogP contribution in [-0.4, -0.2) is 32.5 Å². The number of ether oxygens (including phenoxy) is 1. The number of para-hydroxylation sites is 1. The van der Waals surface area contributed by atoms with Gasteiger partial charge in [-0.15, -0.1) is 0 Å². The van der Waals surface area contributed by atoms with Crippen molar-refractivity contribution in [2.24, 2.45) is 0 Å². The zero-order valence-electron chi connectivity index (χ0n) is 21.4. The summed E-state index contributed by atoms with van der Waals surface area (Å²) < 4.78 is 6.55. The van der Waals surface area contributed by atoms with Gasteiger partial charge in [0.15, 0.2) is 5.72 Å². The fourth-order valence-corrected chi connectivity index (χ4v) is 7.09. The van der Waals surface area contributed by atoms with E-state index in [1.165, 1.54) is 5.56 Å². The molecule has 0 saturated carbocycles. The Balaban J connectivity index is 1.70. The van der Waals surface area contributed by atoms with E-state index in [0.29, 0.717) is 26.5 Å². The summed E-state index contributed by atoms with van der Waals surface area (Å²) in [6.45, 7) is 4.25. The number of nitrogens with zero attached hydrogens (tertiary/aromatic N) is 1. The number of halogens is 4. The van der Waals surface area contributed by atoms with Gasteiger partial charge in [0.2, 0.25) is 0 Å². The lowest BCUT2D eigenvalue weighted by Crippen LogP contribution is -2.52. The van der Waals surface area contributed by atoms with E-state index in [1.54, 1.807) is 32.2 Å². The molecule has 1 saturated heterocycles. The van der Waals surface area contributed by atoms with Crippen molar-refractivity contribution >= 4 is 57.9 Å². The molecule has 1 fully saturated rings. The zero-order chi connectivity index (χ0) is 27.1. The molecule has 5 rings (SSSR count). The second kappa shape index (κ2) is 11.0. The molecule has 2 atom stereocenters. The third kappa shape index (κ3) is 4.96. The Labute approximate surface area is 244 Å². The number of fused-ring (bicyclic) bond motifs is 2. The summed E-state index contributed by atoms with van der Waals surface area (Å²) in [6, 6.07) is 19.4. The molecule has 0 bridgehead atoms. The summed E-state index contributed by atoms with van der Waals surface area (Å²) in [5, 5.41) is 5.37. The molecule has 0 aromatic heterocycles. The molecule has 3 aromatic rings. The molecular weight excluding hydrogens is 562 g/mol. The Bertz CT molecular complexity index is 1340. The van der Waals surface area contributed by atoms with Crippen molar-refractivity contribution in [3.05, 3.63) is 97.4 Å². The molecule has 2 aliphatic heterocycles. The predicted octanol–water partition coefficient (Wildman–Crippen LogP) is 8.00. The standard InChI is InChI=1S/C30H30Cl4N2O2/c1-19(37)24(20-7-8-26(33)27(34)13-20)17-30(38-2,21-14-22(31)16-23(32)15-21)36-18-29(9-11-35-12-10-29)25-5-3-4-6-28(25)36/h3-8,13-16,24,35H,9-12,17-18H2,1-2H3. The summed E-state index contributed by atoms with van der Waals surface area (Å²) in [7, 11) is 1.69. The second-order valence-corrected chi connectivity index (χ2v) is 12.0. The average Bonchev–Trinajstić information content (AvgIpc) is 3.20. The van der Waals surface area contributed by atoms with Crippen molar-refractivity contribution in [1.82, 2.24) is 5.32 Å². The Morgan fingerprint density at radius 3 is 2.32 bits per heavy atom. The molecule has 2 heterocycles. The van der Waals surface area contributed by atoms with E-state index in [4.69, 9.17) is 51.1 Å². The highest BCUT2D eigenvalue weighted by Gasteiger charge is 2.52. The number of carbonyl (C=O) groups excluding carboxylic acids is 1. The predicted molar refractivity (Wildman–Crippen MR) is 157 cm³/mol. The summed E-state index contributed by atoms with van der Waals surface area (Å²) >= 11 is 25.7. The topological polar surface area (TPSA) is 41.6 Å². The second-order valence-electron chi connectivity index (χ2n) is 10.3. The molecule has 0 aliphatic carbocycles. The molecule has 2 aliphatic rings. The Morgan fingerprint density at radius 2 is 1.68 bits per heavy atom. The van der Waals surface area contributed by atoms with Crippen LogP contribution in [0.3, 0.4) is 0 Å². The Kier molecular flexibility index (Phi) is 8.04. The molecule has 1 spiro atoms. The van der Waals surface area contributed by atoms with E-state index >= 15 is 0 Å². The summed E-state index contributed by atoms with van der Waals surface area (Å²) in [5.41, 5.74) is 2.92. The first kappa shape index (κ1) is 27.8. The maximum atomic E-state index is 13.2. The van der Waals surface area contributed by atoms with Gasteiger partial charge in [0.05, 0.1) is 10.0 Å². The number of benzene rings is 3. The average molecular weight is 592 g/mol. The molecule has 0 radical (unpaired) electrons. The van der Waals surface area contributed by atoms with Crippen molar-refractivity contribution in [3.8, 4) is 0 Å². The number of nitrogens with one attached hydrogen (secondary N) is 1. The fraction of sp³-hybridized carbons (Fsp3) is 0.367. The zero-order valence-corrected chi connectivity index (χ0v) is 24.4. The lowest BCUT2D eigenvalue weighted by atomic mass is 9.74. The van der Waals surface area contributed by atoms with E-state index < -0.39 is 11.6 Å². The highest BCUT2D eigenvalue weighted by Crippen LogP contribution is 2.53. The van der Waals surface area contributed by atoms with E-state index in [1.807, 2.05) is 18.2 Å². The van der Waals surface area contributed by atoms with Crippen molar-refractivity contribution < 1.29 is 9.53 Å². The van der Waals surface area contributed by atoms with E-state index in [9.17, 15) is 4.79 Å². The lowest BCUT2D eigenvalue weighted by molar-refractivity contribution is -0.121. The first-order chi connectivity index (χ1) is 18.2. The maximum absolute atomic E-state index is 13.2. The minimum absolute atomic E-state index is 0.00185. The number of hydrogen-bond acceptors (Lipinski definition) is 4. The van der Waals surface area contributed by atoms with Crippen LogP contribution >= 0.6 is 46.4 Å². The van der Waals surface area contributed by atoms with Crippen molar-refractivity contribution in [1.29, 1.82) is 0 Å². The van der Waals surface area contributed by atoms with Gasteiger partial charge in [-0.25, -0.2) is 0 Å². The summed E-state index contributed by atoms with van der Waals surface area (Å²) in [6.07, 6.45) is 2.36. The van der Waals surface area contributed by atoms with Gasteiger partial charge >= 0.3 is 0 Å². The van der Waals surface area contributed by atoms with Gasteiger partial charge in [0.25, 0.3) is 0 Å². The van der Waals surface area contributed by atoms with Gasteiger partial charge in [-0.05, 0) is 80.4 Å². The molecule has 1 N–H and O–H groups in total. The minimum Gasteiger partial charge on any atom is -0.354 e. The van der Waals surface area contributed by atoms with E-state index in [-0.39, 0.29) is 11.2 Å². The van der Waals surface area contributed by atoms with Crippen LogP contribution in [0.25, 0.3) is 0 Å². The number of methoxy groups -OCH3 is 1. The Morgan fingerprint density at radius 1 is 1.00 bits per heavy atom. The summed E-state index contributed by atoms with van der Waals surface area (Å²) in [5.74, 6) is -0.513. The van der Waals surface area contributed by atoms with Crippen LogP contribution in [0.2, 0.25) is 20.1 Å². The highest BCUT2D eigenvalue weighted by atomic mass is 35.5. The van der Waals surface area contributed by atoms with Crippen LogP contribution in [0.1, 0.15) is 48.8 Å². The molecule has 0 amide bonds. The van der Waals surface area contributed by atoms with Crippen LogP contribution < -0.4 is 10.2 Å². The van der Waals surface area contributed by atoms with Gasteiger partial charge in [-0.3, -0.25) is 4.79 Å². The number of rotatable bonds is 7. The molecule has 8 heteroatoms. The van der Waals surface area contributed by atoms with Gasteiger partial charge in [-0.1, -0.05) is 70.7 Å².